The molecular weight excluding hydrogens is 132 g/mol. The lowest BCUT2D eigenvalue weighted by molar-refractivity contribution is -0.145. The second-order valence-electron chi connectivity index (χ2n) is 2.29. The minimum absolute atomic E-state index is 0.192. The Balaban J connectivity index is 3.69. The highest BCUT2D eigenvalue weighted by Gasteiger charge is 2.18. The molecule has 10 heavy (non-hydrogen) atoms. The summed E-state index contributed by atoms with van der Waals surface area (Å²) in [4.78, 5) is 10.3. The lowest BCUT2D eigenvalue weighted by atomic mass is 10.1. The van der Waals surface area contributed by atoms with E-state index in [2.05, 4.69) is 0 Å². The van der Waals surface area contributed by atoms with Crippen LogP contribution in [0.4, 0.5) is 0 Å². The minimum atomic E-state index is -0.805. The molecule has 0 saturated carbocycles. The lowest BCUT2D eigenvalue weighted by Crippen LogP contribution is -2.25. The van der Waals surface area contributed by atoms with Crippen LogP contribution in [-0.4, -0.2) is 23.8 Å². The normalized spacial score (nSPS) is 16.3. The average molecular weight is 146 g/mol. The van der Waals surface area contributed by atoms with E-state index in [-0.39, 0.29) is 6.10 Å². The highest BCUT2D eigenvalue weighted by atomic mass is 16.5. The predicted molar refractivity (Wildman–Crippen MR) is 37.9 cm³/mol. The van der Waals surface area contributed by atoms with Gasteiger partial charge >= 0.3 is 5.97 Å². The van der Waals surface area contributed by atoms with Gasteiger partial charge in [0.15, 0.2) is 0 Å². The first kappa shape index (κ1) is 9.43. The Morgan fingerprint density at radius 3 is 2.40 bits per heavy atom. The van der Waals surface area contributed by atoms with E-state index in [1.54, 1.807) is 13.8 Å². The topological polar surface area (TPSA) is 46.5 Å². The molecule has 0 aliphatic carbocycles. The number of rotatable bonds is 4. The molecule has 0 aliphatic rings. The predicted octanol–water partition coefficient (Wildman–Crippen LogP) is 1.13. The van der Waals surface area contributed by atoms with Crippen LogP contribution in [0.25, 0.3) is 0 Å². The van der Waals surface area contributed by atoms with Gasteiger partial charge in [-0.3, -0.25) is 4.79 Å². The van der Waals surface area contributed by atoms with Crippen LogP contribution >= 0.6 is 0 Å². The summed E-state index contributed by atoms with van der Waals surface area (Å²) in [5.41, 5.74) is 0. The summed E-state index contributed by atoms with van der Waals surface area (Å²) in [6.45, 7) is 5.83. The maximum Gasteiger partial charge on any atom is 0.308 e. The van der Waals surface area contributed by atoms with E-state index in [1.165, 1.54) is 0 Å². The average Bonchev–Trinajstić information content (AvgIpc) is 1.87. The molecule has 3 nitrogen and oxygen atoms in total. The molecule has 3 heteroatoms. The molecule has 0 unspecified atom stereocenters. The Morgan fingerprint density at radius 2 is 2.10 bits per heavy atom. The third kappa shape index (κ3) is 2.82. The molecule has 0 amide bonds. The van der Waals surface area contributed by atoms with Gasteiger partial charge in [0.05, 0.1) is 12.0 Å². The molecule has 2 atom stereocenters. The number of hydrogen-bond acceptors (Lipinski definition) is 2. The van der Waals surface area contributed by atoms with Gasteiger partial charge in [-0.05, 0) is 20.8 Å². The van der Waals surface area contributed by atoms with Gasteiger partial charge in [0.2, 0.25) is 0 Å². The van der Waals surface area contributed by atoms with Crippen LogP contribution in [0.5, 0.6) is 0 Å². The fourth-order valence-electron chi connectivity index (χ4n) is 0.608. The van der Waals surface area contributed by atoms with Gasteiger partial charge in [0.25, 0.3) is 0 Å². The molecule has 0 fully saturated rings. The summed E-state index contributed by atoms with van der Waals surface area (Å²) in [6, 6.07) is 0. The maximum atomic E-state index is 10.3. The van der Waals surface area contributed by atoms with E-state index in [9.17, 15) is 4.79 Å². The molecule has 0 aromatic rings. The van der Waals surface area contributed by atoms with Crippen LogP contribution in [-0.2, 0) is 9.53 Å². The van der Waals surface area contributed by atoms with Crippen molar-refractivity contribution >= 4 is 5.97 Å². The van der Waals surface area contributed by atoms with Crippen LogP contribution < -0.4 is 0 Å². The summed E-state index contributed by atoms with van der Waals surface area (Å²) >= 11 is 0. The number of hydrogen-bond donors (Lipinski definition) is 1. The van der Waals surface area contributed by atoms with Gasteiger partial charge in [0.1, 0.15) is 0 Å². The third-order valence-corrected chi connectivity index (χ3v) is 1.52. The van der Waals surface area contributed by atoms with Gasteiger partial charge in [-0.15, -0.1) is 0 Å². The molecule has 0 bridgehead atoms. The molecule has 0 spiro atoms. The third-order valence-electron chi connectivity index (χ3n) is 1.52. The van der Waals surface area contributed by atoms with Gasteiger partial charge < -0.3 is 9.84 Å². The van der Waals surface area contributed by atoms with Crippen LogP contribution in [0.2, 0.25) is 0 Å². The molecular formula is C7H14O3. The monoisotopic (exact) mass is 146 g/mol. The smallest absolute Gasteiger partial charge is 0.308 e. The molecule has 0 rings (SSSR count). The summed E-state index contributed by atoms with van der Waals surface area (Å²) < 4.78 is 5.08. The van der Waals surface area contributed by atoms with Crippen molar-refractivity contribution in [3.05, 3.63) is 0 Å². The molecule has 0 aromatic heterocycles. The lowest BCUT2D eigenvalue weighted by Gasteiger charge is -2.14. The summed E-state index contributed by atoms with van der Waals surface area (Å²) in [5, 5.41) is 8.50. The molecule has 0 radical (unpaired) electrons. The van der Waals surface area contributed by atoms with Crippen molar-refractivity contribution in [2.24, 2.45) is 5.92 Å². The first-order valence-corrected chi connectivity index (χ1v) is 3.44. The summed E-state index contributed by atoms with van der Waals surface area (Å²) in [7, 11) is 0. The molecule has 0 saturated heterocycles. The number of aliphatic carboxylic acids is 1. The van der Waals surface area contributed by atoms with Crippen LogP contribution in [0.15, 0.2) is 0 Å². The van der Waals surface area contributed by atoms with Crippen LogP contribution in [0.3, 0.4) is 0 Å². The Hall–Kier alpha value is -0.570. The number of carboxylic acids is 1. The van der Waals surface area contributed by atoms with Crippen molar-refractivity contribution < 1.29 is 14.6 Å². The van der Waals surface area contributed by atoms with E-state index in [0.29, 0.717) is 6.61 Å². The first-order chi connectivity index (χ1) is 4.59. The van der Waals surface area contributed by atoms with E-state index < -0.39 is 11.9 Å². The van der Waals surface area contributed by atoms with Crippen molar-refractivity contribution in [2.75, 3.05) is 6.61 Å². The summed E-state index contributed by atoms with van der Waals surface area (Å²) in [5.74, 6) is -1.22. The van der Waals surface area contributed by atoms with Crippen molar-refractivity contribution in [3.63, 3.8) is 0 Å². The van der Waals surface area contributed by atoms with Crippen molar-refractivity contribution in [2.45, 2.75) is 26.9 Å². The zero-order valence-electron chi connectivity index (χ0n) is 6.63. The fourth-order valence-corrected chi connectivity index (χ4v) is 0.608. The van der Waals surface area contributed by atoms with Crippen molar-refractivity contribution in [3.8, 4) is 0 Å². The Labute approximate surface area is 61.0 Å². The second kappa shape index (κ2) is 4.28. The number of carbonyl (C=O) groups is 1. The van der Waals surface area contributed by atoms with Crippen molar-refractivity contribution in [1.29, 1.82) is 0 Å². The van der Waals surface area contributed by atoms with E-state index in [4.69, 9.17) is 9.84 Å². The number of carboxylic acid groups (broad SMARTS) is 1. The van der Waals surface area contributed by atoms with E-state index in [0.717, 1.165) is 0 Å². The number of ether oxygens (including phenoxy) is 1. The van der Waals surface area contributed by atoms with Gasteiger partial charge in [0, 0.05) is 6.61 Å². The SMILES string of the molecule is CCO[C@@H](C)[C@@H](C)C(=O)O. The molecule has 60 valence electrons. The summed E-state index contributed by atoms with van der Waals surface area (Å²) in [6.07, 6.45) is -0.192. The van der Waals surface area contributed by atoms with E-state index >= 15 is 0 Å². The minimum Gasteiger partial charge on any atom is -0.481 e. The molecule has 1 N–H and O–H groups in total. The van der Waals surface area contributed by atoms with E-state index in [1.807, 2.05) is 6.92 Å². The second-order valence-corrected chi connectivity index (χ2v) is 2.29. The maximum absolute atomic E-state index is 10.3. The first-order valence-electron chi connectivity index (χ1n) is 3.44. The Morgan fingerprint density at radius 1 is 1.60 bits per heavy atom. The van der Waals surface area contributed by atoms with Gasteiger partial charge in [-0.2, -0.15) is 0 Å². The van der Waals surface area contributed by atoms with Gasteiger partial charge in [-0.1, -0.05) is 0 Å². The zero-order valence-corrected chi connectivity index (χ0v) is 6.63. The van der Waals surface area contributed by atoms with Crippen molar-refractivity contribution in [1.82, 2.24) is 0 Å². The Kier molecular flexibility index (Phi) is 4.03. The molecule has 0 aromatic carbocycles. The van der Waals surface area contributed by atoms with Crippen LogP contribution in [0.1, 0.15) is 20.8 Å². The largest absolute Gasteiger partial charge is 0.481 e. The fraction of sp³-hybridized carbons (Fsp3) is 0.857. The molecule has 0 aliphatic heterocycles. The standard InChI is InChI=1S/C7H14O3/c1-4-10-6(3)5(2)7(8)9/h5-6H,4H2,1-3H3,(H,8,9)/t5-,6+/m1/s1. The van der Waals surface area contributed by atoms with Crippen LogP contribution in [0, 0.1) is 5.92 Å². The quantitative estimate of drug-likeness (QED) is 0.646. The van der Waals surface area contributed by atoms with Gasteiger partial charge in [-0.25, -0.2) is 0 Å². The highest BCUT2D eigenvalue weighted by molar-refractivity contribution is 5.70. The Bertz CT molecular complexity index is 111. The molecule has 0 heterocycles. The zero-order chi connectivity index (χ0) is 8.15. The highest BCUT2D eigenvalue weighted by Crippen LogP contribution is 2.05.